The van der Waals surface area contributed by atoms with Crippen molar-refractivity contribution >= 4 is 12.3 Å². The lowest BCUT2D eigenvalue weighted by Gasteiger charge is -2.33. The summed E-state index contributed by atoms with van der Waals surface area (Å²) in [6.45, 7) is 1.90. The minimum atomic E-state index is -0.181. The number of rotatable bonds is 4. The third kappa shape index (κ3) is 2.52. The lowest BCUT2D eigenvalue weighted by molar-refractivity contribution is -0.149. The molecule has 1 aliphatic rings. The molecule has 6 nitrogen and oxygen atoms in total. The van der Waals surface area contributed by atoms with Crippen LogP contribution in [0.1, 0.15) is 35.1 Å². The summed E-state index contributed by atoms with van der Waals surface area (Å²) < 4.78 is 6.50. The number of ether oxygens (including phenoxy) is 1. The van der Waals surface area contributed by atoms with Crippen LogP contribution in [0.25, 0.3) is 11.3 Å². The van der Waals surface area contributed by atoms with E-state index in [-0.39, 0.29) is 17.9 Å². The molecule has 0 atom stereocenters. The largest absolute Gasteiger partial charge is 0.469 e. The number of aldehydes is 1. The van der Waals surface area contributed by atoms with Crippen molar-refractivity contribution in [2.24, 2.45) is 5.92 Å². The van der Waals surface area contributed by atoms with Gasteiger partial charge >= 0.3 is 5.97 Å². The average Bonchev–Trinajstić information content (AvgIpc) is 2.89. The van der Waals surface area contributed by atoms with Crippen molar-refractivity contribution < 1.29 is 14.3 Å². The maximum atomic E-state index is 11.4. The van der Waals surface area contributed by atoms with Gasteiger partial charge in [-0.3, -0.25) is 19.3 Å². The molecule has 0 aromatic carbocycles. The van der Waals surface area contributed by atoms with E-state index < -0.39 is 0 Å². The zero-order chi connectivity index (χ0) is 15.7. The van der Waals surface area contributed by atoms with Crippen LogP contribution in [-0.2, 0) is 9.53 Å². The number of carbonyl (C=O) groups excluding carboxylic acids is 2. The highest BCUT2D eigenvalue weighted by atomic mass is 16.5. The number of nitrogens with zero attached hydrogens (tertiary/aromatic N) is 3. The second-order valence-electron chi connectivity index (χ2n) is 5.54. The Hall–Kier alpha value is -2.50. The Kier molecular flexibility index (Phi) is 3.75. The molecular formula is C16H17N3O3. The quantitative estimate of drug-likeness (QED) is 0.639. The molecule has 0 bridgehead atoms. The summed E-state index contributed by atoms with van der Waals surface area (Å²) in [6, 6.07) is 5.79. The standard InChI is InChI=1S/C16H17N3O3/c1-10-4-3-5-14(17-10)13-8-19(18-15(13)9-20)12-6-11(7-12)16(21)22-2/h3-5,8-9,11-12H,6-7H2,1-2H3. The second kappa shape index (κ2) is 5.71. The molecule has 6 heteroatoms. The van der Waals surface area contributed by atoms with E-state index in [0.29, 0.717) is 18.5 Å². The Labute approximate surface area is 128 Å². The molecule has 0 aliphatic heterocycles. The topological polar surface area (TPSA) is 74.1 Å². The Morgan fingerprint density at radius 3 is 2.82 bits per heavy atom. The van der Waals surface area contributed by atoms with Gasteiger partial charge in [0.05, 0.1) is 24.8 Å². The molecule has 0 saturated heterocycles. The van der Waals surface area contributed by atoms with Gasteiger partial charge in [0.1, 0.15) is 5.69 Å². The van der Waals surface area contributed by atoms with Crippen LogP contribution >= 0.6 is 0 Å². The molecule has 114 valence electrons. The Morgan fingerprint density at radius 1 is 1.41 bits per heavy atom. The number of hydrogen-bond acceptors (Lipinski definition) is 5. The predicted octanol–water partition coefficient (Wildman–Crippen LogP) is 2.19. The summed E-state index contributed by atoms with van der Waals surface area (Å²) >= 11 is 0. The summed E-state index contributed by atoms with van der Waals surface area (Å²) in [4.78, 5) is 27.1. The number of aryl methyl sites for hydroxylation is 1. The molecule has 2 aromatic rings. The summed E-state index contributed by atoms with van der Waals surface area (Å²) in [7, 11) is 1.40. The molecule has 0 amide bonds. The molecule has 2 aromatic heterocycles. The van der Waals surface area contributed by atoms with Crippen molar-refractivity contribution in [2.45, 2.75) is 25.8 Å². The number of carbonyl (C=O) groups is 2. The van der Waals surface area contributed by atoms with Crippen molar-refractivity contribution in [2.75, 3.05) is 7.11 Å². The summed E-state index contributed by atoms with van der Waals surface area (Å²) in [5, 5.41) is 4.33. The molecule has 22 heavy (non-hydrogen) atoms. The molecule has 0 radical (unpaired) electrons. The number of hydrogen-bond donors (Lipinski definition) is 0. The van der Waals surface area contributed by atoms with Gasteiger partial charge in [0.25, 0.3) is 0 Å². The van der Waals surface area contributed by atoms with Crippen LogP contribution in [0.4, 0.5) is 0 Å². The smallest absolute Gasteiger partial charge is 0.308 e. The van der Waals surface area contributed by atoms with Crippen LogP contribution < -0.4 is 0 Å². The number of aromatic nitrogens is 3. The van der Waals surface area contributed by atoms with Crippen LogP contribution in [0.15, 0.2) is 24.4 Å². The van der Waals surface area contributed by atoms with Crippen LogP contribution in [0.2, 0.25) is 0 Å². The lowest BCUT2D eigenvalue weighted by atomic mass is 9.80. The molecular weight excluding hydrogens is 282 g/mol. The third-order valence-corrected chi connectivity index (χ3v) is 4.06. The molecule has 0 unspecified atom stereocenters. The molecule has 1 saturated carbocycles. The second-order valence-corrected chi connectivity index (χ2v) is 5.54. The number of pyridine rings is 1. The highest BCUT2D eigenvalue weighted by molar-refractivity contribution is 5.83. The third-order valence-electron chi connectivity index (χ3n) is 4.06. The van der Waals surface area contributed by atoms with E-state index in [0.717, 1.165) is 23.2 Å². The van der Waals surface area contributed by atoms with Crippen LogP contribution in [0.5, 0.6) is 0 Å². The van der Waals surface area contributed by atoms with Gasteiger partial charge in [-0.1, -0.05) is 6.07 Å². The van der Waals surface area contributed by atoms with E-state index in [2.05, 4.69) is 10.1 Å². The van der Waals surface area contributed by atoms with Gasteiger partial charge in [0, 0.05) is 17.5 Å². The fourth-order valence-corrected chi connectivity index (χ4v) is 2.73. The maximum absolute atomic E-state index is 11.4. The van der Waals surface area contributed by atoms with Crippen molar-refractivity contribution in [3.05, 3.63) is 35.8 Å². The normalized spacial score (nSPS) is 20.3. The monoisotopic (exact) mass is 299 g/mol. The zero-order valence-electron chi connectivity index (χ0n) is 12.5. The number of methoxy groups -OCH3 is 1. The van der Waals surface area contributed by atoms with Crippen LogP contribution in [-0.4, -0.2) is 34.1 Å². The van der Waals surface area contributed by atoms with Gasteiger partial charge in [0.2, 0.25) is 0 Å². The lowest BCUT2D eigenvalue weighted by Crippen LogP contribution is -2.33. The van der Waals surface area contributed by atoms with Gasteiger partial charge in [-0.05, 0) is 31.9 Å². The summed E-state index contributed by atoms with van der Waals surface area (Å²) in [6.07, 6.45) is 3.96. The van der Waals surface area contributed by atoms with E-state index in [1.54, 1.807) is 4.68 Å². The summed E-state index contributed by atoms with van der Waals surface area (Å²) in [5.41, 5.74) is 2.72. The van der Waals surface area contributed by atoms with Crippen molar-refractivity contribution in [3.63, 3.8) is 0 Å². The Morgan fingerprint density at radius 2 is 2.18 bits per heavy atom. The number of esters is 1. The van der Waals surface area contributed by atoms with Gasteiger partial charge in [0.15, 0.2) is 6.29 Å². The van der Waals surface area contributed by atoms with E-state index in [1.165, 1.54) is 7.11 Å². The van der Waals surface area contributed by atoms with Crippen molar-refractivity contribution in [1.82, 2.24) is 14.8 Å². The van der Waals surface area contributed by atoms with E-state index in [4.69, 9.17) is 4.74 Å². The first-order valence-electron chi connectivity index (χ1n) is 7.18. The minimum Gasteiger partial charge on any atom is -0.469 e. The Bertz CT molecular complexity index is 717. The molecule has 3 rings (SSSR count). The van der Waals surface area contributed by atoms with E-state index in [9.17, 15) is 9.59 Å². The fourth-order valence-electron chi connectivity index (χ4n) is 2.73. The Balaban J connectivity index is 1.84. The molecule has 1 fully saturated rings. The maximum Gasteiger partial charge on any atom is 0.308 e. The van der Waals surface area contributed by atoms with Crippen molar-refractivity contribution in [3.8, 4) is 11.3 Å². The molecule has 0 N–H and O–H groups in total. The van der Waals surface area contributed by atoms with E-state index >= 15 is 0 Å². The first-order valence-corrected chi connectivity index (χ1v) is 7.18. The highest BCUT2D eigenvalue weighted by Crippen LogP contribution is 2.39. The van der Waals surface area contributed by atoms with Gasteiger partial charge in [-0.25, -0.2) is 0 Å². The molecule has 0 spiro atoms. The highest BCUT2D eigenvalue weighted by Gasteiger charge is 2.37. The van der Waals surface area contributed by atoms with Gasteiger partial charge in [-0.15, -0.1) is 0 Å². The average molecular weight is 299 g/mol. The predicted molar refractivity (Wildman–Crippen MR) is 79.4 cm³/mol. The van der Waals surface area contributed by atoms with Crippen molar-refractivity contribution in [1.29, 1.82) is 0 Å². The minimum absolute atomic E-state index is 0.0700. The van der Waals surface area contributed by atoms with Gasteiger partial charge in [-0.2, -0.15) is 5.10 Å². The van der Waals surface area contributed by atoms with E-state index in [1.807, 2.05) is 31.3 Å². The first-order chi connectivity index (χ1) is 10.6. The fraction of sp³-hybridized carbons (Fsp3) is 0.375. The van der Waals surface area contributed by atoms with Crippen LogP contribution in [0.3, 0.4) is 0 Å². The molecule has 2 heterocycles. The zero-order valence-corrected chi connectivity index (χ0v) is 12.5. The SMILES string of the molecule is COC(=O)C1CC(n2cc(-c3cccc(C)n3)c(C=O)n2)C1. The first kappa shape index (κ1) is 14.4. The summed E-state index contributed by atoms with van der Waals surface area (Å²) in [5.74, 6) is -0.251. The molecule has 1 aliphatic carbocycles. The van der Waals surface area contributed by atoms with Gasteiger partial charge < -0.3 is 4.74 Å². The van der Waals surface area contributed by atoms with Crippen LogP contribution in [0, 0.1) is 12.8 Å².